The SMILES string of the molecule is CCc1cccc(OCc2cc(C)nn2CC)c1. The average molecular weight is 244 g/mol. The van der Waals surface area contributed by atoms with Gasteiger partial charge in [0, 0.05) is 6.54 Å². The van der Waals surface area contributed by atoms with Crippen LogP contribution in [0.15, 0.2) is 30.3 Å². The maximum Gasteiger partial charge on any atom is 0.130 e. The molecule has 3 nitrogen and oxygen atoms in total. The first-order chi connectivity index (χ1) is 8.72. The fourth-order valence-electron chi connectivity index (χ4n) is 2.00. The normalized spacial score (nSPS) is 10.6. The van der Waals surface area contributed by atoms with Crippen molar-refractivity contribution in [3.05, 3.63) is 47.3 Å². The molecule has 0 aliphatic carbocycles. The summed E-state index contributed by atoms with van der Waals surface area (Å²) >= 11 is 0. The van der Waals surface area contributed by atoms with E-state index in [9.17, 15) is 0 Å². The van der Waals surface area contributed by atoms with Gasteiger partial charge in [-0.15, -0.1) is 0 Å². The van der Waals surface area contributed by atoms with Gasteiger partial charge in [-0.3, -0.25) is 4.68 Å². The first kappa shape index (κ1) is 12.7. The van der Waals surface area contributed by atoms with Crippen molar-refractivity contribution in [2.75, 3.05) is 0 Å². The van der Waals surface area contributed by atoms with E-state index in [1.54, 1.807) is 0 Å². The van der Waals surface area contributed by atoms with E-state index in [4.69, 9.17) is 4.74 Å². The van der Waals surface area contributed by atoms with Crippen molar-refractivity contribution in [1.29, 1.82) is 0 Å². The van der Waals surface area contributed by atoms with E-state index in [-0.39, 0.29) is 0 Å². The molecule has 2 aromatic rings. The molecule has 0 unspecified atom stereocenters. The molecule has 0 saturated heterocycles. The quantitative estimate of drug-likeness (QED) is 0.806. The van der Waals surface area contributed by atoms with Crippen LogP contribution in [-0.4, -0.2) is 9.78 Å². The lowest BCUT2D eigenvalue weighted by molar-refractivity contribution is 0.292. The summed E-state index contributed by atoms with van der Waals surface area (Å²) in [6, 6.07) is 10.3. The third-order valence-electron chi connectivity index (χ3n) is 2.98. The molecule has 0 saturated carbocycles. The molecule has 0 aliphatic rings. The van der Waals surface area contributed by atoms with Gasteiger partial charge in [0.15, 0.2) is 0 Å². The van der Waals surface area contributed by atoms with Gasteiger partial charge in [-0.2, -0.15) is 5.10 Å². The van der Waals surface area contributed by atoms with Crippen LogP contribution < -0.4 is 4.74 Å². The number of rotatable bonds is 5. The van der Waals surface area contributed by atoms with Gasteiger partial charge in [0.2, 0.25) is 0 Å². The lowest BCUT2D eigenvalue weighted by atomic mass is 10.2. The van der Waals surface area contributed by atoms with E-state index in [1.165, 1.54) is 5.56 Å². The first-order valence-corrected chi connectivity index (χ1v) is 6.48. The van der Waals surface area contributed by atoms with Gasteiger partial charge in [-0.1, -0.05) is 19.1 Å². The molecule has 0 N–H and O–H groups in total. The Balaban J connectivity index is 2.06. The van der Waals surface area contributed by atoms with Crippen LogP contribution in [0.2, 0.25) is 0 Å². The summed E-state index contributed by atoms with van der Waals surface area (Å²) in [4.78, 5) is 0. The number of benzene rings is 1. The maximum absolute atomic E-state index is 5.83. The molecule has 0 fully saturated rings. The van der Waals surface area contributed by atoms with E-state index in [1.807, 2.05) is 23.7 Å². The molecule has 96 valence electrons. The Kier molecular flexibility index (Phi) is 4.03. The molecule has 0 bridgehead atoms. The van der Waals surface area contributed by atoms with Gasteiger partial charge in [0.05, 0.1) is 11.4 Å². The van der Waals surface area contributed by atoms with Crippen molar-refractivity contribution >= 4 is 0 Å². The molecule has 3 heteroatoms. The minimum atomic E-state index is 0.571. The lowest BCUT2D eigenvalue weighted by Crippen LogP contribution is -2.06. The van der Waals surface area contributed by atoms with Crippen LogP contribution in [0.3, 0.4) is 0 Å². The van der Waals surface area contributed by atoms with Gasteiger partial charge in [0.25, 0.3) is 0 Å². The second-order valence-corrected chi connectivity index (χ2v) is 4.38. The highest BCUT2D eigenvalue weighted by atomic mass is 16.5. The largest absolute Gasteiger partial charge is 0.487 e. The van der Waals surface area contributed by atoms with Gasteiger partial charge in [-0.25, -0.2) is 0 Å². The highest BCUT2D eigenvalue weighted by molar-refractivity contribution is 5.28. The van der Waals surface area contributed by atoms with E-state index >= 15 is 0 Å². The molecule has 0 spiro atoms. The number of aryl methyl sites for hydroxylation is 3. The molecule has 0 amide bonds. The maximum atomic E-state index is 5.83. The summed E-state index contributed by atoms with van der Waals surface area (Å²) in [6.45, 7) is 7.69. The number of hydrogen-bond donors (Lipinski definition) is 0. The van der Waals surface area contributed by atoms with Crippen LogP contribution >= 0.6 is 0 Å². The molecule has 0 atom stereocenters. The molecule has 1 aromatic heterocycles. The monoisotopic (exact) mass is 244 g/mol. The Morgan fingerprint density at radius 1 is 1.22 bits per heavy atom. The Bertz CT molecular complexity index is 517. The lowest BCUT2D eigenvalue weighted by Gasteiger charge is -2.08. The average Bonchev–Trinajstić information content (AvgIpc) is 2.77. The summed E-state index contributed by atoms with van der Waals surface area (Å²) in [7, 11) is 0. The smallest absolute Gasteiger partial charge is 0.130 e. The van der Waals surface area contributed by atoms with Crippen molar-refractivity contribution in [2.24, 2.45) is 0 Å². The summed E-state index contributed by atoms with van der Waals surface area (Å²) in [6.07, 6.45) is 1.03. The second kappa shape index (κ2) is 5.71. The van der Waals surface area contributed by atoms with Crippen LogP contribution in [0.1, 0.15) is 30.8 Å². The Morgan fingerprint density at radius 2 is 2.06 bits per heavy atom. The van der Waals surface area contributed by atoms with E-state index in [2.05, 4.69) is 37.1 Å². The van der Waals surface area contributed by atoms with Crippen molar-refractivity contribution in [3.8, 4) is 5.75 Å². The van der Waals surface area contributed by atoms with Crippen molar-refractivity contribution < 1.29 is 4.74 Å². The summed E-state index contributed by atoms with van der Waals surface area (Å²) in [5, 5.41) is 4.41. The predicted octanol–water partition coefficient (Wildman–Crippen LogP) is 3.35. The molecule has 0 radical (unpaired) electrons. The van der Waals surface area contributed by atoms with Crippen LogP contribution in [-0.2, 0) is 19.6 Å². The third kappa shape index (κ3) is 2.92. The molecule has 18 heavy (non-hydrogen) atoms. The summed E-state index contributed by atoms with van der Waals surface area (Å²) in [5.41, 5.74) is 3.46. The van der Waals surface area contributed by atoms with Crippen LogP contribution in [0.4, 0.5) is 0 Å². The van der Waals surface area contributed by atoms with Crippen molar-refractivity contribution in [3.63, 3.8) is 0 Å². The van der Waals surface area contributed by atoms with E-state index < -0.39 is 0 Å². The number of hydrogen-bond acceptors (Lipinski definition) is 2. The zero-order chi connectivity index (χ0) is 13.0. The molecular weight excluding hydrogens is 224 g/mol. The van der Waals surface area contributed by atoms with Gasteiger partial charge in [0.1, 0.15) is 12.4 Å². The van der Waals surface area contributed by atoms with Gasteiger partial charge >= 0.3 is 0 Å². The summed E-state index contributed by atoms with van der Waals surface area (Å²) in [5.74, 6) is 0.927. The molecular formula is C15H20N2O. The number of nitrogens with zero attached hydrogens (tertiary/aromatic N) is 2. The van der Waals surface area contributed by atoms with Gasteiger partial charge in [-0.05, 0) is 44.0 Å². The van der Waals surface area contributed by atoms with Crippen molar-refractivity contribution in [2.45, 2.75) is 40.3 Å². The predicted molar refractivity (Wildman–Crippen MR) is 72.8 cm³/mol. The second-order valence-electron chi connectivity index (χ2n) is 4.38. The zero-order valence-electron chi connectivity index (χ0n) is 11.3. The molecule has 0 aliphatic heterocycles. The standard InChI is InChI=1S/C15H20N2O/c1-4-13-7-6-8-15(10-13)18-11-14-9-12(3)16-17(14)5-2/h6-10H,4-5,11H2,1-3H3. The highest BCUT2D eigenvalue weighted by Gasteiger charge is 2.04. The highest BCUT2D eigenvalue weighted by Crippen LogP contribution is 2.16. The minimum Gasteiger partial charge on any atom is -0.487 e. The molecule has 2 rings (SSSR count). The molecule has 1 aromatic carbocycles. The van der Waals surface area contributed by atoms with Crippen LogP contribution in [0, 0.1) is 6.92 Å². The summed E-state index contributed by atoms with van der Waals surface area (Å²) < 4.78 is 7.81. The Hall–Kier alpha value is -1.77. The fraction of sp³-hybridized carbons (Fsp3) is 0.400. The Labute approximate surface area is 108 Å². The minimum absolute atomic E-state index is 0.571. The fourth-order valence-corrected chi connectivity index (χ4v) is 2.00. The van der Waals surface area contributed by atoms with Crippen LogP contribution in [0.5, 0.6) is 5.75 Å². The third-order valence-corrected chi connectivity index (χ3v) is 2.98. The first-order valence-electron chi connectivity index (χ1n) is 6.48. The zero-order valence-corrected chi connectivity index (χ0v) is 11.3. The Morgan fingerprint density at radius 3 is 2.78 bits per heavy atom. The van der Waals surface area contributed by atoms with E-state index in [0.29, 0.717) is 6.61 Å². The van der Waals surface area contributed by atoms with Crippen LogP contribution in [0.25, 0.3) is 0 Å². The molecule has 1 heterocycles. The topological polar surface area (TPSA) is 27.1 Å². The van der Waals surface area contributed by atoms with E-state index in [0.717, 1.165) is 30.1 Å². The van der Waals surface area contributed by atoms with Gasteiger partial charge < -0.3 is 4.74 Å². The number of aromatic nitrogens is 2. The number of ether oxygens (including phenoxy) is 1. The van der Waals surface area contributed by atoms with Crippen molar-refractivity contribution in [1.82, 2.24) is 9.78 Å².